The van der Waals surface area contributed by atoms with Crippen molar-refractivity contribution in [2.24, 2.45) is 0 Å². The molecule has 0 radical (unpaired) electrons. The van der Waals surface area contributed by atoms with Crippen molar-refractivity contribution in [2.75, 3.05) is 0 Å². The Balaban J connectivity index is 1.77. The number of nitrogens with zero attached hydrogens (tertiary/aromatic N) is 1. The molecule has 0 aliphatic rings. The highest BCUT2D eigenvalue weighted by molar-refractivity contribution is 9.10. The number of furan rings is 1. The number of hydrogen-bond acceptors (Lipinski definition) is 3. The van der Waals surface area contributed by atoms with Crippen LogP contribution in [0, 0.1) is 11.3 Å². The number of halogens is 2. The van der Waals surface area contributed by atoms with E-state index in [4.69, 9.17) is 16.0 Å². The van der Waals surface area contributed by atoms with Gasteiger partial charge in [-0.3, -0.25) is 4.79 Å². The van der Waals surface area contributed by atoms with Gasteiger partial charge in [-0.05, 0) is 52.7 Å². The van der Waals surface area contributed by atoms with Gasteiger partial charge in [0.25, 0.3) is 5.91 Å². The van der Waals surface area contributed by atoms with Crippen LogP contribution in [-0.4, -0.2) is 5.91 Å². The average molecular weight is 456 g/mol. The molecule has 0 spiro atoms. The van der Waals surface area contributed by atoms with E-state index in [9.17, 15) is 10.1 Å². The summed E-state index contributed by atoms with van der Waals surface area (Å²) in [6.07, 6.45) is 1.43. The first-order valence-corrected chi connectivity index (χ1v) is 9.68. The van der Waals surface area contributed by atoms with Crippen molar-refractivity contribution < 1.29 is 9.21 Å². The summed E-state index contributed by atoms with van der Waals surface area (Å²) < 4.78 is 6.55. The van der Waals surface area contributed by atoms with Crippen molar-refractivity contribution in [3.05, 3.63) is 87.1 Å². The van der Waals surface area contributed by atoms with Crippen LogP contribution in [0.15, 0.2) is 75.1 Å². The molecule has 0 aliphatic heterocycles. The largest absolute Gasteiger partial charge is 0.457 e. The molecule has 0 unspecified atom stereocenters. The molecule has 4 nitrogen and oxygen atoms in total. The van der Waals surface area contributed by atoms with Gasteiger partial charge in [0.2, 0.25) is 0 Å². The standard InChI is InChI=1S/C22H16BrClN2O2/c1-14(15-5-3-2-4-6-15)26-22(27)17(13-25)11-18-8-10-21(28-18)16-7-9-19(23)20(24)12-16/h2-12,14H,1H3,(H,26,27)/b17-11-/t14-/m0/s1. The topological polar surface area (TPSA) is 66.0 Å². The van der Waals surface area contributed by atoms with Crippen molar-refractivity contribution in [3.63, 3.8) is 0 Å². The average Bonchev–Trinajstić information content (AvgIpc) is 3.17. The van der Waals surface area contributed by atoms with Crippen molar-refractivity contribution >= 4 is 39.5 Å². The highest BCUT2D eigenvalue weighted by Gasteiger charge is 2.15. The van der Waals surface area contributed by atoms with Crippen LogP contribution in [0.25, 0.3) is 17.4 Å². The molecule has 3 aromatic rings. The molecule has 0 fully saturated rings. The molecule has 0 saturated carbocycles. The zero-order valence-electron chi connectivity index (χ0n) is 14.9. The van der Waals surface area contributed by atoms with E-state index >= 15 is 0 Å². The summed E-state index contributed by atoms with van der Waals surface area (Å²) in [5.41, 5.74) is 1.73. The molecule has 0 bridgehead atoms. The van der Waals surface area contributed by atoms with Crippen molar-refractivity contribution in [3.8, 4) is 17.4 Å². The van der Waals surface area contributed by atoms with Crippen LogP contribution in [0.3, 0.4) is 0 Å². The van der Waals surface area contributed by atoms with Gasteiger partial charge in [0.15, 0.2) is 0 Å². The van der Waals surface area contributed by atoms with Crippen molar-refractivity contribution in [2.45, 2.75) is 13.0 Å². The molecule has 2 aromatic carbocycles. The van der Waals surface area contributed by atoms with E-state index in [0.29, 0.717) is 16.5 Å². The molecule has 0 aliphatic carbocycles. The molecule has 1 amide bonds. The summed E-state index contributed by atoms with van der Waals surface area (Å²) in [5, 5.41) is 12.8. The van der Waals surface area contributed by atoms with Gasteiger partial charge in [-0.1, -0.05) is 48.0 Å². The monoisotopic (exact) mass is 454 g/mol. The van der Waals surface area contributed by atoms with Gasteiger partial charge in [0, 0.05) is 16.1 Å². The lowest BCUT2D eigenvalue weighted by atomic mass is 10.1. The van der Waals surface area contributed by atoms with Crippen LogP contribution in [0.5, 0.6) is 0 Å². The quantitative estimate of drug-likeness (QED) is 0.371. The minimum Gasteiger partial charge on any atom is -0.457 e. The first kappa shape index (κ1) is 19.9. The Bertz CT molecular complexity index is 1070. The number of amides is 1. The fourth-order valence-corrected chi connectivity index (χ4v) is 3.05. The summed E-state index contributed by atoms with van der Waals surface area (Å²) >= 11 is 9.47. The fraction of sp³-hybridized carbons (Fsp3) is 0.0909. The smallest absolute Gasteiger partial charge is 0.262 e. The van der Waals surface area contributed by atoms with Gasteiger partial charge >= 0.3 is 0 Å². The number of hydrogen-bond donors (Lipinski definition) is 1. The third-order valence-corrected chi connectivity index (χ3v) is 5.36. The van der Waals surface area contributed by atoms with Gasteiger partial charge in [-0.2, -0.15) is 5.26 Å². The maximum absolute atomic E-state index is 12.5. The molecule has 6 heteroatoms. The lowest BCUT2D eigenvalue weighted by molar-refractivity contribution is -0.117. The minimum absolute atomic E-state index is 0.0301. The summed E-state index contributed by atoms with van der Waals surface area (Å²) in [7, 11) is 0. The molecule has 0 saturated heterocycles. The number of rotatable bonds is 5. The van der Waals surface area contributed by atoms with E-state index in [1.165, 1.54) is 6.08 Å². The number of nitriles is 1. The van der Waals surface area contributed by atoms with Gasteiger partial charge in [0.05, 0.1) is 11.1 Å². The highest BCUT2D eigenvalue weighted by atomic mass is 79.9. The predicted octanol–water partition coefficient (Wildman–Crippen LogP) is 6.15. The van der Waals surface area contributed by atoms with Gasteiger partial charge < -0.3 is 9.73 Å². The molecular formula is C22H16BrClN2O2. The third kappa shape index (κ3) is 4.72. The predicted molar refractivity (Wildman–Crippen MR) is 113 cm³/mol. The zero-order valence-corrected chi connectivity index (χ0v) is 17.3. The lowest BCUT2D eigenvalue weighted by Crippen LogP contribution is -2.27. The van der Waals surface area contributed by atoms with Crippen LogP contribution >= 0.6 is 27.5 Å². The molecular weight excluding hydrogens is 440 g/mol. The van der Waals surface area contributed by atoms with E-state index in [0.717, 1.165) is 15.6 Å². The second kappa shape index (κ2) is 8.92. The molecule has 1 N–H and O–H groups in total. The minimum atomic E-state index is -0.455. The van der Waals surface area contributed by atoms with E-state index in [2.05, 4.69) is 21.2 Å². The SMILES string of the molecule is C[C@H](NC(=O)/C(C#N)=C\c1ccc(-c2ccc(Br)c(Cl)c2)o1)c1ccccc1. The molecule has 28 heavy (non-hydrogen) atoms. The van der Waals surface area contributed by atoms with Gasteiger partial charge in [0.1, 0.15) is 23.2 Å². The number of carbonyl (C=O) groups is 1. The van der Waals surface area contributed by atoms with E-state index in [1.54, 1.807) is 18.2 Å². The molecule has 1 aromatic heterocycles. The normalized spacial score (nSPS) is 12.3. The Hall–Kier alpha value is -2.81. The van der Waals surface area contributed by atoms with E-state index < -0.39 is 5.91 Å². The summed E-state index contributed by atoms with van der Waals surface area (Å²) in [5.74, 6) is 0.549. The second-order valence-corrected chi connectivity index (χ2v) is 7.37. The lowest BCUT2D eigenvalue weighted by Gasteiger charge is -2.13. The van der Waals surface area contributed by atoms with Crippen LogP contribution < -0.4 is 5.32 Å². The number of benzene rings is 2. The van der Waals surface area contributed by atoms with Crippen LogP contribution in [0.4, 0.5) is 0 Å². The Morgan fingerprint density at radius 1 is 1.21 bits per heavy atom. The Morgan fingerprint density at radius 2 is 1.96 bits per heavy atom. The van der Waals surface area contributed by atoms with Crippen LogP contribution in [0.2, 0.25) is 5.02 Å². The van der Waals surface area contributed by atoms with Crippen LogP contribution in [0.1, 0.15) is 24.3 Å². The maximum Gasteiger partial charge on any atom is 0.262 e. The summed E-state index contributed by atoms with van der Waals surface area (Å²) in [6, 6.07) is 20.2. The van der Waals surface area contributed by atoms with Crippen molar-refractivity contribution in [1.82, 2.24) is 5.32 Å². The first-order chi connectivity index (χ1) is 13.5. The van der Waals surface area contributed by atoms with Crippen LogP contribution in [-0.2, 0) is 4.79 Å². The Kier molecular flexibility index (Phi) is 6.35. The van der Waals surface area contributed by atoms with E-state index in [-0.39, 0.29) is 11.6 Å². The maximum atomic E-state index is 12.5. The third-order valence-electron chi connectivity index (χ3n) is 4.13. The number of nitrogens with one attached hydrogen (secondary N) is 1. The molecule has 3 rings (SSSR count). The highest BCUT2D eigenvalue weighted by Crippen LogP contribution is 2.30. The van der Waals surface area contributed by atoms with Gasteiger partial charge in [-0.15, -0.1) is 0 Å². The number of carbonyl (C=O) groups excluding carboxylic acids is 1. The summed E-state index contributed by atoms with van der Waals surface area (Å²) in [6.45, 7) is 1.87. The van der Waals surface area contributed by atoms with E-state index in [1.807, 2.05) is 55.5 Å². The fourth-order valence-electron chi connectivity index (χ4n) is 2.63. The first-order valence-electron chi connectivity index (χ1n) is 8.51. The zero-order chi connectivity index (χ0) is 20.1. The molecule has 140 valence electrons. The molecule has 1 atom stereocenters. The Labute approximate surface area is 176 Å². The molecule has 1 heterocycles. The summed E-state index contributed by atoms with van der Waals surface area (Å²) in [4.78, 5) is 12.5. The van der Waals surface area contributed by atoms with Gasteiger partial charge in [-0.25, -0.2) is 0 Å². The Morgan fingerprint density at radius 3 is 2.64 bits per heavy atom. The van der Waals surface area contributed by atoms with Crippen molar-refractivity contribution in [1.29, 1.82) is 5.26 Å². The second-order valence-electron chi connectivity index (χ2n) is 6.11.